The largest absolute Gasteiger partial charge is 0.493 e. The van der Waals surface area contributed by atoms with Crippen LogP contribution in [0.15, 0.2) is 18.2 Å². The van der Waals surface area contributed by atoms with Crippen LogP contribution in [0.4, 0.5) is 0 Å². The first-order valence-corrected chi connectivity index (χ1v) is 5.76. The van der Waals surface area contributed by atoms with Gasteiger partial charge in [0.05, 0.1) is 20.3 Å². The van der Waals surface area contributed by atoms with Crippen molar-refractivity contribution in [3.05, 3.63) is 23.8 Å². The zero-order valence-corrected chi connectivity index (χ0v) is 11.2. The van der Waals surface area contributed by atoms with Crippen molar-refractivity contribution in [2.24, 2.45) is 0 Å². The summed E-state index contributed by atoms with van der Waals surface area (Å²) in [5, 5.41) is 12.9. The Labute approximate surface area is 116 Å². The molecule has 0 unspecified atom stereocenters. The van der Waals surface area contributed by atoms with Gasteiger partial charge < -0.3 is 20.1 Å². The fraction of sp³-hybridized carbons (Fsp3) is 0.308. The molecule has 0 aliphatic rings. The Kier molecular flexibility index (Phi) is 5.84. The summed E-state index contributed by atoms with van der Waals surface area (Å²) < 4.78 is 10.2. The number of carbonyl (C=O) groups is 2. The predicted octanol–water partition coefficient (Wildman–Crippen LogP) is -0.0402. The number of nitriles is 1. The van der Waals surface area contributed by atoms with Crippen LogP contribution in [0.3, 0.4) is 0 Å². The number of methoxy groups -OCH3 is 2. The van der Waals surface area contributed by atoms with Gasteiger partial charge in [-0.2, -0.15) is 5.26 Å². The molecule has 0 aliphatic carbocycles. The van der Waals surface area contributed by atoms with Gasteiger partial charge in [-0.15, -0.1) is 0 Å². The normalized spacial score (nSPS) is 9.25. The van der Waals surface area contributed by atoms with E-state index < -0.39 is 11.8 Å². The average Bonchev–Trinajstić information content (AvgIpc) is 2.49. The maximum absolute atomic E-state index is 11.4. The first kappa shape index (κ1) is 15.3. The molecule has 1 aromatic rings. The van der Waals surface area contributed by atoms with E-state index in [1.165, 1.54) is 14.2 Å². The summed E-state index contributed by atoms with van der Waals surface area (Å²) in [5.41, 5.74) is 0.754. The highest BCUT2D eigenvalue weighted by Crippen LogP contribution is 2.27. The van der Waals surface area contributed by atoms with Gasteiger partial charge in [0.15, 0.2) is 11.5 Å². The molecule has 0 fully saturated rings. The number of benzene rings is 1. The molecule has 7 heteroatoms. The highest BCUT2D eigenvalue weighted by atomic mass is 16.5. The molecule has 0 heterocycles. The van der Waals surface area contributed by atoms with Crippen LogP contribution < -0.4 is 20.1 Å². The van der Waals surface area contributed by atoms with E-state index in [9.17, 15) is 9.59 Å². The molecule has 0 radical (unpaired) electrons. The summed E-state index contributed by atoms with van der Waals surface area (Å²) in [4.78, 5) is 22.6. The molecule has 0 aromatic heterocycles. The Balaban J connectivity index is 2.60. The zero-order valence-electron chi connectivity index (χ0n) is 11.2. The molecule has 0 spiro atoms. The summed E-state index contributed by atoms with van der Waals surface area (Å²) in [6.45, 7) is -0.0399. The van der Waals surface area contributed by atoms with Crippen LogP contribution in [-0.2, 0) is 16.1 Å². The molecule has 0 bridgehead atoms. The van der Waals surface area contributed by atoms with Crippen LogP contribution in [0.2, 0.25) is 0 Å². The molecule has 1 aromatic carbocycles. The topological polar surface area (TPSA) is 100 Å². The number of hydrogen-bond donors (Lipinski definition) is 2. The first-order valence-electron chi connectivity index (χ1n) is 5.76. The molecular formula is C13H15N3O4. The molecule has 2 N–H and O–H groups in total. The van der Waals surface area contributed by atoms with E-state index in [0.29, 0.717) is 11.5 Å². The standard InChI is InChI=1S/C13H15N3O4/c1-19-10-4-3-9(7-11(10)20-2)8-16-13(18)12(17)15-6-5-14/h3-4,7H,6,8H2,1-2H3,(H,15,17)(H,16,18). The van der Waals surface area contributed by atoms with Crippen LogP contribution >= 0.6 is 0 Å². The summed E-state index contributed by atoms with van der Waals surface area (Å²) in [6, 6.07) is 6.86. The zero-order chi connectivity index (χ0) is 15.0. The van der Waals surface area contributed by atoms with Crippen LogP contribution in [0.25, 0.3) is 0 Å². The quantitative estimate of drug-likeness (QED) is 0.581. The minimum Gasteiger partial charge on any atom is -0.493 e. The van der Waals surface area contributed by atoms with Gasteiger partial charge in [0.25, 0.3) is 0 Å². The van der Waals surface area contributed by atoms with E-state index in [1.807, 2.05) is 0 Å². The second-order valence-corrected chi connectivity index (χ2v) is 3.71. The summed E-state index contributed by atoms with van der Waals surface area (Å²) in [7, 11) is 3.04. The van der Waals surface area contributed by atoms with Crippen LogP contribution in [-0.4, -0.2) is 32.6 Å². The molecule has 2 amide bonds. The van der Waals surface area contributed by atoms with E-state index in [0.717, 1.165) is 5.56 Å². The molecule has 7 nitrogen and oxygen atoms in total. The average molecular weight is 277 g/mol. The van der Waals surface area contributed by atoms with Crippen molar-refractivity contribution in [3.8, 4) is 17.6 Å². The Morgan fingerprint density at radius 3 is 2.40 bits per heavy atom. The fourth-order valence-corrected chi connectivity index (χ4v) is 1.45. The van der Waals surface area contributed by atoms with Crippen molar-refractivity contribution in [2.75, 3.05) is 20.8 Å². The number of hydrogen-bond acceptors (Lipinski definition) is 5. The minimum atomic E-state index is -0.841. The molecule has 0 atom stereocenters. The van der Waals surface area contributed by atoms with Gasteiger partial charge in [0, 0.05) is 6.54 Å². The van der Waals surface area contributed by atoms with Gasteiger partial charge in [-0.05, 0) is 17.7 Å². The predicted molar refractivity (Wildman–Crippen MR) is 70.0 cm³/mol. The second-order valence-electron chi connectivity index (χ2n) is 3.71. The van der Waals surface area contributed by atoms with Crippen LogP contribution in [0.1, 0.15) is 5.56 Å². The van der Waals surface area contributed by atoms with Gasteiger partial charge >= 0.3 is 11.8 Å². The van der Waals surface area contributed by atoms with Gasteiger partial charge in [-0.1, -0.05) is 6.07 Å². The van der Waals surface area contributed by atoms with Crippen molar-refractivity contribution >= 4 is 11.8 Å². The number of nitrogens with one attached hydrogen (secondary N) is 2. The van der Waals surface area contributed by atoms with Crippen molar-refractivity contribution in [2.45, 2.75) is 6.54 Å². The number of carbonyl (C=O) groups excluding carboxylic acids is 2. The van der Waals surface area contributed by atoms with Gasteiger partial charge in [0.1, 0.15) is 6.54 Å². The number of rotatable bonds is 5. The third-order valence-electron chi connectivity index (χ3n) is 2.44. The number of amides is 2. The highest BCUT2D eigenvalue weighted by molar-refractivity contribution is 6.35. The van der Waals surface area contributed by atoms with E-state index in [-0.39, 0.29) is 13.1 Å². The monoisotopic (exact) mass is 277 g/mol. The molecule has 0 saturated carbocycles. The lowest BCUT2D eigenvalue weighted by molar-refractivity contribution is -0.139. The first-order chi connectivity index (χ1) is 9.62. The van der Waals surface area contributed by atoms with Crippen molar-refractivity contribution in [1.82, 2.24) is 10.6 Å². The second kappa shape index (κ2) is 7.63. The number of ether oxygens (including phenoxy) is 2. The van der Waals surface area contributed by atoms with Crippen molar-refractivity contribution in [1.29, 1.82) is 5.26 Å². The van der Waals surface area contributed by atoms with Crippen molar-refractivity contribution < 1.29 is 19.1 Å². The lowest BCUT2D eigenvalue weighted by atomic mass is 10.2. The maximum atomic E-state index is 11.4. The molecule has 1 rings (SSSR count). The van der Waals surface area contributed by atoms with E-state index in [1.54, 1.807) is 24.3 Å². The fourth-order valence-electron chi connectivity index (χ4n) is 1.45. The van der Waals surface area contributed by atoms with Crippen LogP contribution in [0, 0.1) is 11.3 Å². The van der Waals surface area contributed by atoms with Gasteiger partial charge in [0.2, 0.25) is 0 Å². The van der Waals surface area contributed by atoms with E-state index in [4.69, 9.17) is 14.7 Å². The summed E-state index contributed by atoms with van der Waals surface area (Å²) in [6.07, 6.45) is 0. The van der Waals surface area contributed by atoms with Gasteiger partial charge in [-0.25, -0.2) is 0 Å². The summed E-state index contributed by atoms with van der Waals surface area (Å²) in [5.74, 6) is -0.524. The molecule has 0 saturated heterocycles. The Morgan fingerprint density at radius 1 is 1.15 bits per heavy atom. The minimum absolute atomic E-state index is 0.166. The van der Waals surface area contributed by atoms with Crippen LogP contribution in [0.5, 0.6) is 11.5 Å². The molecule has 106 valence electrons. The lowest BCUT2D eigenvalue weighted by Crippen LogP contribution is -2.39. The number of nitrogens with zero attached hydrogens (tertiary/aromatic N) is 1. The summed E-state index contributed by atoms with van der Waals surface area (Å²) >= 11 is 0. The molecular weight excluding hydrogens is 262 g/mol. The Morgan fingerprint density at radius 2 is 1.80 bits per heavy atom. The third-order valence-corrected chi connectivity index (χ3v) is 2.44. The highest BCUT2D eigenvalue weighted by Gasteiger charge is 2.12. The smallest absolute Gasteiger partial charge is 0.310 e. The van der Waals surface area contributed by atoms with Crippen molar-refractivity contribution in [3.63, 3.8) is 0 Å². The maximum Gasteiger partial charge on any atom is 0.310 e. The van der Waals surface area contributed by atoms with E-state index >= 15 is 0 Å². The Bertz CT molecular complexity index is 537. The van der Waals surface area contributed by atoms with E-state index in [2.05, 4.69) is 10.6 Å². The Hall–Kier alpha value is -2.75. The third kappa shape index (κ3) is 4.17. The van der Waals surface area contributed by atoms with Gasteiger partial charge in [-0.3, -0.25) is 9.59 Å². The molecule has 0 aliphatic heterocycles. The molecule has 20 heavy (non-hydrogen) atoms. The SMILES string of the molecule is COc1ccc(CNC(=O)C(=O)NCC#N)cc1OC. The lowest BCUT2D eigenvalue weighted by Gasteiger charge is -2.10.